The van der Waals surface area contributed by atoms with E-state index in [0.717, 1.165) is 25.7 Å². The first-order chi connectivity index (χ1) is 8.65. The summed E-state index contributed by atoms with van der Waals surface area (Å²) in [7, 11) is 0. The lowest BCUT2D eigenvalue weighted by Gasteiger charge is -2.25. The van der Waals surface area contributed by atoms with Gasteiger partial charge in [0.05, 0.1) is 11.7 Å². The van der Waals surface area contributed by atoms with E-state index in [2.05, 4.69) is 10.3 Å². The second-order valence-electron chi connectivity index (χ2n) is 4.75. The van der Waals surface area contributed by atoms with Crippen LogP contribution in [-0.4, -0.2) is 28.6 Å². The average molecular weight is 252 g/mol. The Morgan fingerprint density at radius 2 is 2.11 bits per heavy atom. The van der Waals surface area contributed by atoms with Crippen LogP contribution in [-0.2, 0) is 0 Å². The van der Waals surface area contributed by atoms with E-state index in [-0.39, 0.29) is 12.0 Å². The molecule has 0 unspecified atom stereocenters. The van der Waals surface area contributed by atoms with Crippen LogP contribution in [0.4, 0.5) is 4.39 Å². The molecular formula is C13H17FN2O2. The van der Waals surface area contributed by atoms with Crippen LogP contribution < -0.4 is 5.32 Å². The fourth-order valence-electron chi connectivity index (χ4n) is 2.20. The Balaban J connectivity index is 1.79. The van der Waals surface area contributed by atoms with Crippen molar-refractivity contribution in [3.8, 4) is 0 Å². The standard InChI is InChI=1S/C13H17FN2O2/c14-12-6-3-10(8-15-12)13(18)16-7-9-1-4-11(17)5-2-9/h3,6,8-9,11,17H,1-2,4-5,7H2,(H,16,18). The maximum Gasteiger partial charge on any atom is 0.252 e. The lowest BCUT2D eigenvalue weighted by atomic mass is 9.87. The van der Waals surface area contributed by atoms with Crippen molar-refractivity contribution < 1.29 is 14.3 Å². The van der Waals surface area contributed by atoms with Crippen LogP contribution in [0.3, 0.4) is 0 Å². The van der Waals surface area contributed by atoms with Crippen LogP contribution in [0.2, 0.25) is 0 Å². The van der Waals surface area contributed by atoms with Gasteiger partial charge in [-0.1, -0.05) is 0 Å². The van der Waals surface area contributed by atoms with E-state index in [1.165, 1.54) is 18.3 Å². The number of amides is 1. The first-order valence-electron chi connectivity index (χ1n) is 6.23. The van der Waals surface area contributed by atoms with Crippen molar-refractivity contribution in [3.05, 3.63) is 29.8 Å². The minimum absolute atomic E-state index is 0.182. The molecule has 5 heteroatoms. The lowest BCUT2D eigenvalue weighted by molar-refractivity contribution is 0.0910. The van der Waals surface area contributed by atoms with E-state index < -0.39 is 5.95 Å². The predicted octanol–water partition coefficient (Wildman–Crippen LogP) is 1.50. The molecule has 0 radical (unpaired) electrons. The number of aromatic nitrogens is 1. The van der Waals surface area contributed by atoms with E-state index in [4.69, 9.17) is 0 Å². The van der Waals surface area contributed by atoms with E-state index >= 15 is 0 Å². The topological polar surface area (TPSA) is 62.2 Å². The predicted molar refractivity (Wildman–Crippen MR) is 64.5 cm³/mol. The number of carbonyl (C=O) groups is 1. The Hall–Kier alpha value is -1.49. The van der Waals surface area contributed by atoms with Gasteiger partial charge in [0, 0.05) is 12.7 Å². The maximum absolute atomic E-state index is 12.6. The smallest absolute Gasteiger partial charge is 0.252 e. The van der Waals surface area contributed by atoms with Gasteiger partial charge < -0.3 is 10.4 Å². The van der Waals surface area contributed by atoms with Crippen molar-refractivity contribution in [2.45, 2.75) is 31.8 Å². The van der Waals surface area contributed by atoms with E-state index in [9.17, 15) is 14.3 Å². The summed E-state index contributed by atoms with van der Waals surface area (Å²) in [6, 6.07) is 2.59. The van der Waals surface area contributed by atoms with Crippen molar-refractivity contribution in [1.82, 2.24) is 10.3 Å². The van der Waals surface area contributed by atoms with Crippen molar-refractivity contribution in [2.75, 3.05) is 6.54 Å². The summed E-state index contributed by atoms with van der Waals surface area (Å²) in [5.74, 6) is -0.396. The second kappa shape index (κ2) is 5.91. The molecule has 1 aromatic heterocycles. The zero-order valence-corrected chi connectivity index (χ0v) is 10.1. The Bertz CT molecular complexity index is 400. The number of halogens is 1. The molecule has 0 atom stereocenters. The fourth-order valence-corrected chi connectivity index (χ4v) is 2.20. The third kappa shape index (κ3) is 3.50. The molecule has 2 N–H and O–H groups in total. The van der Waals surface area contributed by atoms with Crippen molar-refractivity contribution in [2.24, 2.45) is 5.92 Å². The van der Waals surface area contributed by atoms with Gasteiger partial charge in [-0.25, -0.2) is 4.98 Å². The van der Waals surface area contributed by atoms with Gasteiger partial charge in [0.1, 0.15) is 0 Å². The number of aliphatic hydroxyl groups excluding tert-OH is 1. The summed E-state index contributed by atoms with van der Waals surface area (Å²) in [5, 5.41) is 12.2. The molecule has 0 aromatic carbocycles. The Morgan fingerprint density at radius 1 is 1.39 bits per heavy atom. The van der Waals surface area contributed by atoms with Gasteiger partial charge >= 0.3 is 0 Å². The Morgan fingerprint density at radius 3 is 2.72 bits per heavy atom. The third-order valence-electron chi connectivity index (χ3n) is 3.36. The number of hydrogen-bond donors (Lipinski definition) is 2. The summed E-state index contributed by atoms with van der Waals surface area (Å²) in [6.07, 6.45) is 4.52. The van der Waals surface area contributed by atoms with Gasteiger partial charge in [0.2, 0.25) is 5.95 Å². The van der Waals surface area contributed by atoms with Gasteiger partial charge in [-0.05, 0) is 43.7 Å². The van der Waals surface area contributed by atoms with Crippen molar-refractivity contribution >= 4 is 5.91 Å². The minimum Gasteiger partial charge on any atom is -0.393 e. The molecule has 18 heavy (non-hydrogen) atoms. The number of hydrogen-bond acceptors (Lipinski definition) is 3. The van der Waals surface area contributed by atoms with Gasteiger partial charge in [0.25, 0.3) is 5.91 Å². The van der Waals surface area contributed by atoms with Crippen LogP contribution in [0.5, 0.6) is 0 Å². The maximum atomic E-state index is 12.6. The van der Waals surface area contributed by atoms with Gasteiger partial charge in [-0.2, -0.15) is 4.39 Å². The molecule has 1 saturated carbocycles. The van der Waals surface area contributed by atoms with Crippen LogP contribution in [0.1, 0.15) is 36.0 Å². The highest BCUT2D eigenvalue weighted by Crippen LogP contribution is 2.23. The molecule has 0 spiro atoms. The molecule has 2 rings (SSSR count). The Labute approximate surface area is 105 Å². The minimum atomic E-state index is -0.590. The van der Waals surface area contributed by atoms with Gasteiger partial charge in [-0.3, -0.25) is 4.79 Å². The number of pyridine rings is 1. The number of nitrogens with one attached hydrogen (secondary N) is 1. The van der Waals surface area contributed by atoms with Crippen LogP contribution in [0.15, 0.2) is 18.3 Å². The first kappa shape index (κ1) is 13.0. The highest BCUT2D eigenvalue weighted by atomic mass is 19.1. The summed E-state index contributed by atoms with van der Waals surface area (Å²) < 4.78 is 12.6. The molecule has 1 heterocycles. The van der Waals surface area contributed by atoms with Gasteiger partial charge in [-0.15, -0.1) is 0 Å². The molecule has 1 aliphatic rings. The summed E-state index contributed by atoms with van der Waals surface area (Å²) in [6.45, 7) is 0.600. The number of nitrogens with zero attached hydrogens (tertiary/aromatic N) is 1. The first-order valence-corrected chi connectivity index (χ1v) is 6.23. The summed E-state index contributed by atoms with van der Waals surface area (Å²) >= 11 is 0. The average Bonchev–Trinajstić information content (AvgIpc) is 2.38. The molecule has 98 valence electrons. The van der Waals surface area contributed by atoms with Crippen molar-refractivity contribution in [3.63, 3.8) is 0 Å². The highest BCUT2D eigenvalue weighted by Gasteiger charge is 2.19. The lowest BCUT2D eigenvalue weighted by Crippen LogP contribution is -2.32. The van der Waals surface area contributed by atoms with Crippen LogP contribution in [0, 0.1) is 11.9 Å². The van der Waals surface area contributed by atoms with Crippen molar-refractivity contribution in [1.29, 1.82) is 0 Å². The molecule has 1 amide bonds. The van der Waals surface area contributed by atoms with E-state index in [1.54, 1.807) is 0 Å². The summed E-state index contributed by atoms with van der Waals surface area (Å²) in [5.41, 5.74) is 0.368. The van der Waals surface area contributed by atoms with Crippen LogP contribution >= 0.6 is 0 Å². The molecule has 1 aliphatic carbocycles. The molecule has 0 bridgehead atoms. The largest absolute Gasteiger partial charge is 0.393 e. The molecule has 4 nitrogen and oxygen atoms in total. The quantitative estimate of drug-likeness (QED) is 0.801. The molecule has 1 aromatic rings. The molecule has 0 aliphatic heterocycles. The number of aliphatic hydroxyl groups is 1. The zero-order valence-electron chi connectivity index (χ0n) is 10.1. The zero-order chi connectivity index (χ0) is 13.0. The van der Waals surface area contributed by atoms with E-state index in [1.807, 2.05) is 0 Å². The van der Waals surface area contributed by atoms with E-state index in [0.29, 0.717) is 18.0 Å². The Kier molecular flexibility index (Phi) is 4.25. The summed E-state index contributed by atoms with van der Waals surface area (Å²) in [4.78, 5) is 15.2. The number of carbonyl (C=O) groups excluding carboxylic acids is 1. The van der Waals surface area contributed by atoms with Crippen LogP contribution in [0.25, 0.3) is 0 Å². The fraction of sp³-hybridized carbons (Fsp3) is 0.538. The third-order valence-corrected chi connectivity index (χ3v) is 3.36. The molecule has 1 fully saturated rings. The molecular weight excluding hydrogens is 235 g/mol. The van der Waals surface area contributed by atoms with Gasteiger partial charge in [0.15, 0.2) is 0 Å². The normalized spacial score (nSPS) is 23.7. The molecule has 0 saturated heterocycles. The second-order valence-corrected chi connectivity index (χ2v) is 4.75. The highest BCUT2D eigenvalue weighted by molar-refractivity contribution is 5.93. The monoisotopic (exact) mass is 252 g/mol. The number of rotatable bonds is 3. The SMILES string of the molecule is O=C(NCC1CCC(O)CC1)c1ccc(F)nc1.